The van der Waals surface area contributed by atoms with Crippen molar-refractivity contribution in [3.05, 3.63) is 82.3 Å². The van der Waals surface area contributed by atoms with E-state index in [0.717, 1.165) is 11.3 Å². The van der Waals surface area contributed by atoms with Gasteiger partial charge in [-0.25, -0.2) is 0 Å². The average Bonchev–Trinajstić information content (AvgIpc) is 2.77. The number of ether oxygens (including phenoxy) is 2. The average molecular weight is 495 g/mol. The zero-order valence-corrected chi connectivity index (χ0v) is 19.4. The highest BCUT2D eigenvalue weighted by molar-refractivity contribution is 9.10. The highest BCUT2D eigenvalue weighted by Crippen LogP contribution is 2.36. The molecule has 164 valence electrons. The number of amides is 2. The molecule has 1 aliphatic heterocycles. The number of nitrogens with one attached hydrogen (secondary N) is 1. The third-order valence-corrected chi connectivity index (χ3v) is 5.81. The van der Waals surface area contributed by atoms with Crippen LogP contribution in [0, 0.1) is 6.92 Å². The Labute approximate surface area is 195 Å². The molecule has 0 bridgehead atoms. The molecule has 3 aromatic carbocycles. The molecule has 0 fully saturated rings. The number of aryl methyl sites for hydroxylation is 1. The molecule has 0 aromatic heterocycles. The Morgan fingerprint density at radius 1 is 1.12 bits per heavy atom. The third kappa shape index (κ3) is 4.78. The fourth-order valence-electron chi connectivity index (χ4n) is 3.52. The lowest BCUT2D eigenvalue weighted by Crippen LogP contribution is -2.46. The van der Waals surface area contributed by atoms with E-state index in [1.165, 1.54) is 0 Å². The molecule has 1 unspecified atom stereocenters. The minimum Gasteiger partial charge on any atom is -0.492 e. The van der Waals surface area contributed by atoms with Gasteiger partial charge in [0.1, 0.15) is 18.1 Å². The molecule has 32 heavy (non-hydrogen) atoms. The second-order valence-electron chi connectivity index (χ2n) is 7.53. The number of benzene rings is 3. The van der Waals surface area contributed by atoms with Crippen molar-refractivity contribution in [2.24, 2.45) is 0 Å². The third-order valence-electron chi connectivity index (χ3n) is 5.12. The van der Waals surface area contributed by atoms with E-state index >= 15 is 0 Å². The summed E-state index contributed by atoms with van der Waals surface area (Å²) in [4.78, 5) is 27.2. The molecule has 7 heteroatoms. The largest absolute Gasteiger partial charge is 0.492 e. The van der Waals surface area contributed by atoms with Crippen LogP contribution in [-0.4, -0.2) is 31.1 Å². The SMILES string of the molecule is Cc1cccc(OCCN2C(=O)C(C)Oc3ccc(NC(=O)c4ccccc4Br)cc32)c1. The second-order valence-corrected chi connectivity index (χ2v) is 8.39. The molecular formula is C25H23BrN2O4. The number of anilines is 2. The summed E-state index contributed by atoms with van der Waals surface area (Å²) in [6.45, 7) is 4.41. The molecule has 0 aliphatic carbocycles. The lowest BCUT2D eigenvalue weighted by atomic mass is 10.1. The summed E-state index contributed by atoms with van der Waals surface area (Å²) in [5, 5.41) is 2.89. The van der Waals surface area contributed by atoms with E-state index in [9.17, 15) is 9.59 Å². The summed E-state index contributed by atoms with van der Waals surface area (Å²) < 4.78 is 12.3. The van der Waals surface area contributed by atoms with Crippen LogP contribution in [0.25, 0.3) is 0 Å². The van der Waals surface area contributed by atoms with Gasteiger partial charge in [0.05, 0.1) is 17.8 Å². The summed E-state index contributed by atoms with van der Waals surface area (Å²) in [7, 11) is 0. The number of hydrogen-bond acceptors (Lipinski definition) is 4. The van der Waals surface area contributed by atoms with E-state index in [0.29, 0.717) is 40.3 Å². The summed E-state index contributed by atoms with van der Waals surface area (Å²) >= 11 is 3.40. The van der Waals surface area contributed by atoms with Gasteiger partial charge in [0.2, 0.25) is 0 Å². The van der Waals surface area contributed by atoms with Crippen LogP contribution in [0.1, 0.15) is 22.8 Å². The number of halogens is 1. The van der Waals surface area contributed by atoms with E-state index in [1.54, 1.807) is 42.2 Å². The van der Waals surface area contributed by atoms with Crippen LogP contribution < -0.4 is 19.7 Å². The van der Waals surface area contributed by atoms with E-state index < -0.39 is 6.10 Å². The first-order valence-electron chi connectivity index (χ1n) is 10.3. The molecule has 0 saturated heterocycles. The first-order valence-corrected chi connectivity index (χ1v) is 11.1. The van der Waals surface area contributed by atoms with Gasteiger partial charge in [-0.15, -0.1) is 0 Å². The van der Waals surface area contributed by atoms with Crippen molar-refractivity contribution >= 4 is 39.1 Å². The second kappa shape index (κ2) is 9.44. The molecule has 0 saturated carbocycles. The zero-order chi connectivity index (χ0) is 22.7. The molecule has 1 atom stereocenters. The number of carbonyl (C=O) groups is 2. The summed E-state index contributed by atoms with van der Waals surface area (Å²) in [5.74, 6) is 0.947. The Bertz CT molecular complexity index is 1160. The minimum absolute atomic E-state index is 0.153. The lowest BCUT2D eigenvalue weighted by molar-refractivity contribution is -0.125. The topological polar surface area (TPSA) is 67.9 Å². The van der Waals surface area contributed by atoms with Gasteiger partial charge in [-0.05, 0) is 77.8 Å². The molecule has 6 nitrogen and oxygen atoms in total. The van der Waals surface area contributed by atoms with Crippen LogP contribution in [0.2, 0.25) is 0 Å². The first kappa shape index (κ1) is 21.9. The molecule has 3 aromatic rings. The van der Waals surface area contributed by atoms with Crippen LogP contribution in [0.4, 0.5) is 11.4 Å². The number of rotatable bonds is 6. The Morgan fingerprint density at radius 2 is 1.94 bits per heavy atom. The molecule has 2 amide bonds. The maximum atomic E-state index is 12.8. The van der Waals surface area contributed by atoms with Crippen LogP contribution in [0.5, 0.6) is 11.5 Å². The van der Waals surface area contributed by atoms with E-state index in [1.807, 2.05) is 43.3 Å². The van der Waals surface area contributed by atoms with Crippen molar-refractivity contribution in [3.8, 4) is 11.5 Å². The van der Waals surface area contributed by atoms with Crippen molar-refractivity contribution < 1.29 is 19.1 Å². The minimum atomic E-state index is -0.595. The molecule has 4 rings (SSSR count). The van der Waals surface area contributed by atoms with Gasteiger partial charge in [-0.3, -0.25) is 9.59 Å². The van der Waals surface area contributed by atoms with Crippen LogP contribution in [0.3, 0.4) is 0 Å². The molecule has 1 N–H and O–H groups in total. The monoisotopic (exact) mass is 494 g/mol. The summed E-state index contributed by atoms with van der Waals surface area (Å²) in [5.41, 5.74) is 2.80. The van der Waals surface area contributed by atoms with Gasteiger partial charge >= 0.3 is 0 Å². The van der Waals surface area contributed by atoms with Gasteiger partial charge in [0, 0.05) is 10.2 Å². The quantitative estimate of drug-likeness (QED) is 0.511. The van der Waals surface area contributed by atoms with E-state index in [4.69, 9.17) is 9.47 Å². The Balaban J connectivity index is 1.52. The van der Waals surface area contributed by atoms with Crippen molar-refractivity contribution in [3.63, 3.8) is 0 Å². The predicted molar refractivity (Wildman–Crippen MR) is 128 cm³/mol. The van der Waals surface area contributed by atoms with Gasteiger partial charge in [-0.2, -0.15) is 0 Å². The summed E-state index contributed by atoms with van der Waals surface area (Å²) in [6, 6.07) is 20.2. The molecule has 1 aliphatic rings. The lowest BCUT2D eigenvalue weighted by Gasteiger charge is -2.33. The number of nitrogens with zero attached hydrogens (tertiary/aromatic N) is 1. The molecule has 1 heterocycles. The maximum Gasteiger partial charge on any atom is 0.267 e. The van der Waals surface area contributed by atoms with Gasteiger partial charge in [0.15, 0.2) is 6.10 Å². The molecular weight excluding hydrogens is 472 g/mol. The fraction of sp³-hybridized carbons (Fsp3) is 0.200. The highest BCUT2D eigenvalue weighted by Gasteiger charge is 2.31. The zero-order valence-electron chi connectivity index (χ0n) is 17.8. The highest BCUT2D eigenvalue weighted by atomic mass is 79.9. The van der Waals surface area contributed by atoms with Gasteiger partial charge in [-0.1, -0.05) is 24.3 Å². The van der Waals surface area contributed by atoms with E-state index in [2.05, 4.69) is 21.2 Å². The Morgan fingerprint density at radius 3 is 2.72 bits per heavy atom. The maximum absolute atomic E-state index is 12.8. The van der Waals surface area contributed by atoms with Crippen LogP contribution in [-0.2, 0) is 4.79 Å². The first-order chi connectivity index (χ1) is 15.4. The molecule has 0 spiro atoms. The van der Waals surface area contributed by atoms with E-state index in [-0.39, 0.29) is 11.8 Å². The van der Waals surface area contributed by atoms with Crippen LogP contribution >= 0.6 is 15.9 Å². The standard InChI is InChI=1S/C25H23BrN2O4/c1-16-6-5-7-19(14-16)31-13-12-28-22-15-18(10-11-23(22)32-17(2)25(28)30)27-24(29)20-8-3-4-9-21(20)26/h3-11,14-15,17H,12-13H2,1-2H3,(H,27,29). The van der Waals surface area contributed by atoms with Crippen molar-refractivity contribution in [1.82, 2.24) is 0 Å². The Kier molecular flexibility index (Phi) is 6.46. The molecule has 0 radical (unpaired) electrons. The number of fused-ring (bicyclic) bond motifs is 1. The van der Waals surface area contributed by atoms with Gasteiger partial charge in [0.25, 0.3) is 11.8 Å². The van der Waals surface area contributed by atoms with Crippen molar-refractivity contribution in [2.75, 3.05) is 23.4 Å². The van der Waals surface area contributed by atoms with Crippen molar-refractivity contribution in [1.29, 1.82) is 0 Å². The fourth-order valence-corrected chi connectivity index (χ4v) is 3.98. The van der Waals surface area contributed by atoms with Crippen LogP contribution in [0.15, 0.2) is 71.2 Å². The Hall–Kier alpha value is -3.32. The number of carbonyl (C=O) groups excluding carboxylic acids is 2. The van der Waals surface area contributed by atoms with Crippen molar-refractivity contribution in [2.45, 2.75) is 20.0 Å². The number of hydrogen-bond donors (Lipinski definition) is 1. The smallest absolute Gasteiger partial charge is 0.267 e. The normalized spacial score (nSPS) is 15.0. The van der Waals surface area contributed by atoms with Gasteiger partial charge < -0.3 is 19.7 Å². The predicted octanol–water partition coefficient (Wildman–Crippen LogP) is 5.20. The summed E-state index contributed by atoms with van der Waals surface area (Å²) in [6.07, 6.45) is -0.595.